The monoisotopic (exact) mass is 1090 g/mol. The Kier molecular flexibility index (Phi) is 56.6. The van der Waals surface area contributed by atoms with Gasteiger partial charge in [0.2, 0.25) is 0 Å². The van der Waals surface area contributed by atoms with E-state index in [-0.39, 0.29) is 25.9 Å². The maximum absolute atomic E-state index is 12.9. The van der Waals surface area contributed by atoms with Gasteiger partial charge in [0.25, 0.3) is 0 Å². The summed E-state index contributed by atoms with van der Waals surface area (Å²) in [4.78, 5) is 48.7. The number of allylic oxidation sites excluding steroid dienone is 8. The largest absolute Gasteiger partial charge is 0.472 e. The number of phosphoric ester groups is 1. The van der Waals surface area contributed by atoms with Crippen molar-refractivity contribution < 1.29 is 52.2 Å². The number of phosphoric acid groups is 1. The molecule has 0 aliphatic heterocycles. The number of esters is 3. The fourth-order valence-corrected chi connectivity index (χ4v) is 9.78. The first-order chi connectivity index (χ1) is 37.2. The first kappa shape index (κ1) is 73.4. The molecule has 0 saturated carbocycles. The highest BCUT2D eigenvalue weighted by Crippen LogP contribution is 2.43. The number of rotatable bonds is 59. The SMILES string of the molecule is CC/C=C\C/C=C\C/C=C\C/C=C\CCCCCCCCC(=O)OCC(COP(=O)(O)OCC(CO)OC(=O)CCCCCCCCCCCCCCC)OC(=O)CCCCCCCCCCCCCCCCCCC. The van der Waals surface area contributed by atoms with E-state index < -0.39 is 57.8 Å². The quantitative estimate of drug-likeness (QED) is 0.0197. The van der Waals surface area contributed by atoms with Gasteiger partial charge in [0.05, 0.1) is 19.8 Å². The van der Waals surface area contributed by atoms with Crippen molar-refractivity contribution in [3.63, 3.8) is 0 Å². The summed E-state index contributed by atoms with van der Waals surface area (Å²) in [5.41, 5.74) is 0. The van der Waals surface area contributed by atoms with Crippen molar-refractivity contribution in [3.8, 4) is 0 Å². The number of hydrogen-bond acceptors (Lipinski definition) is 10. The number of aliphatic hydroxyl groups excluding tert-OH is 1. The van der Waals surface area contributed by atoms with Crippen molar-refractivity contribution in [2.75, 3.05) is 26.4 Å². The summed E-state index contributed by atoms with van der Waals surface area (Å²) in [6.07, 6.45) is 63.4. The first-order valence-corrected chi connectivity index (χ1v) is 33.0. The molecule has 444 valence electrons. The fraction of sp³-hybridized carbons (Fsp3) is 0.828. The molecule has 0 rings (SSSR count). The van der Waals surface area contributed by atoms with Crippen LogP contribution in [0, 0.1) is 0 Å². The average molecular weight is 1090 g/mol. The van der Waals surface area contributed by atoms with Crippen LogP contribution in [0.1, 0.15) is 303 Å². The molecule has 11 nitrogen and oxygen atoms in total. The normalized spacial score (nSPS) is 13.6. The highest BCUT2D eigenvalue weighted by atomic mass is 31.2. The van der Waals surface area contributed by atoms with Crippen molar-refractivity contribution in [1.29, 1.82) is 0 Å². The van der Waals surface area contributed by atoms with E-state index in [2.05, 4.69) is 69.4 Å². The molecule has 76 heavy (non-hydrogen) atoms. The lowest BCUT2D eigenvalue weighted by atomic mass is 10.0. The summed E-state index contributed by atoms with van der Waals surface area (Å²) < 4.78 is 39.6. The van der Waals surface area contributed by atoms with Crippen LogP contribution in [-0.2, 0) is 42.2 Å². The summed E-state index contributed by atoms with van der Waals surface area (Å²) in [5, 5.41) is 9.83. The number of carbonyl (C=O) groups is 3. The molecule has 2 N–H and O–H groups in total. The van der Waals surface area contributed by atoms with Crippen LogP contribution in [-0.4, -0.2) is 66.5 Å². The third kappa shape index (κ3) is 56.2. The number of unbranched alkanes of at least 4 members (excludes halogenated alkanes) is 34. The van der Waals surface area contributed by atoms with Gasteiger partial charge in [0, 0.05) is 19.3 Å². The summed E-state index contributed by atoms with van der Waals surface area (Å²) >= 11 is 0. The van der Waals surface area contributed by atoms with Crippen molar-refractivity contribution in [2.24, 2.45) is 0 Å². The molecule has 3 unspecified atom stereocenters. The van der Waals surface area contributed by atoms with Crippen LogP contribution < -0.4 is 0 Å². The Balaban J connectivity index is 4.70. The molecular formula is C64H117O11P. The second-order valence-corrected chi connectivity index (χ2v) is 22.7. The van der Waals surface area contributed by atoms with Crippen LogP contribution in [0.25, 0.3) is 0 Å². The van der Waals surface area contributed by atoms with E-state index in [0.717, 1.165) is 103 Å². The van der Waals surface area contributed by atoms with E-state index in [9.17, 15) is 28.9 Å². The smallest absolute Gasteiger partial charge is 0.462 e. The zero-order valence-electron chi connectivity index (χ0n) is 49.2. The Morgan fingerprint density at radius 1 is 0.382 bits per heavy atom. The molecule has 0 aliphatic carbocycles. The van der Waals surface area contributed by atoms with Gasteiger partial charge in [0.1, 0.15) is 12.7 Å². The Labute approximate surface area is 466 Å². The van der Waals surface area contributed by atoms with E-state index in [1.165, 1.54) is 141 Å². The molecule has 0 aromatic heterocycles. The molecule has 0 aromatic carbocycles. The average Bonchev–Trinajstić information content (AvgIpc) is 3.41. The minimum Gasteiger partial charge on any atom is -0.462 e. The predicted molar refractivity (Wildman–Crippen MR) is 316 cm³/mol. The van der Waals surface area contributed by atoms with Crippen LogP contribution in [0.5, 0.6) is 0 Å². The molecule has 3 atom stereocenters. The number of ether oxygens (including phenoxy) is 3. The maximum Gasteiger partial charge on any atom is 0.472 e. The second-order valence-electron chi connectivity index (χ2n) is 21.2. The molecule has 12 heteroatoms. The van der Waals surface area contributed by atoms with Crippen LogP contribution in [0.4, 0.5) is 0 Å². The predicted octanol–water partition coefficient (Wildman–Crippen LogP) is 18.9. The van der Waals surface area contributed by atoms with Gasteiger partial charge < -0.3 is 24.2 Å². The molecule has 0 bridgehead atoms. The Morgan fingerprint density at radius 2 is 0.684 bits per heavy atom. The molecule has 0 aliphatic rings. The third-order valence-electron chi connectivity index (χ3n) is 13.8. The zero-order valence-corrected chi connectivity index (χ0v) is 50.1. The van der Waals surface area contributed by atoms with Crippen LogP contribution in [0.3, 0.4) is 0 Å². The van der Waals surface area contributed by atoms with Crippen LogP contribution in [0.15, 0.2) is 48.6 Å². The van der Waals surface area contributed by atoms with Gasteiger partial charge in [-0.3, -0.25) is 23.4 Å². The molecule has 0 aromatic rings. The molecule has 0 saturated heterocycles. The van der Waals surface area contributed by atoms with Crippen molar-refractivity contribution in [2.45, 2.75) is 315 Å². The Bertz CT molecular complexity index is 1460. The highest BCUT2D eigenvalue weighted by molar-refractivity contribution is 7.47. The van der Waals surface area contributed by atoms with Crippen molar-refractivity contribution in [3.05, 3.63) is 48.6 Å². The van der Waals surface area contributed by atoms with E-state index in [0.29, 0.717) is 19.3 Å². The van der Waals surface area contributed by atoms with Gasteiger partial charge in [-0.1, -0.05) is 275 Å². The van der Waals surface area contributed by atoms with Crippen molar-refractivity contribution in [1.82, 2.24) is 0 Å². The van der Waals surface area contributed by atoms with Crippen molar-refractivity contribution >= 4 is 25.7 Å². The Hall–Kier alpha value is -2.56. The van der Waals surface area contributed by atoms with E-state index in [1.54, 1.807) is 0 Å². The lowest BCUT2D eigenvalue weighted by Crippen LogP contribution is -2.30. The van der Waals surface area contributed by atoms with Gasteiger partial charge >= 0.3 is 25.7 Å². The van der Waals surface area contributed by atoms with E-state index in [4.69, 9.17) is 23.3 Å². The first-order valence-electron chi connectivity index (χ1n) is 31.5. The summed E-state index contributed by atoms with van der Waals surface area (Å²) in [6.45, 7) is 4.58. The summed E-state index contributed by atoms with van der Waals surface area (Å²) in [5.74, 6) is -1.46. The Morgan fingerprint density at radius 3 is 1.05 bits per heavy atom. The molecule has 0 heterocycles. The van der Waals surface area contributed by atoms with Gasteiger partial charge in [-0.25, -0.2) is 4.57 Å². The number of aliphatic hydroxyl groups is 1. The van der Waals surface area contributed by atoms with Gasteiger partial charge in [-0.2, -0.15) is 0 Å². The van der Waals surface area contributed by atoms with E-state index >= 15 is 0 Å². The maximum atomic E-state index is 12.9. The minimum absolute atomic E-state index is 0.169. The fourth-order valence-electron chi connectivity index (χ4n) is 9.00. The zero-order chi connectivity index (χ0) is 55.5. The van der Waals surface area contributed by atoms with E-state index in [1.807, 2.05) is 0 Å². The van der Waals surface area contributed by atoms with Gasteiger partial charge in [0.15, 0.2) is 6.10 Å². The van der Waals surface area contributed by atoms with Crippen LogP contribution >= 0.6 is 7.82 Å². The molecule has 0 radical (unpaired) electrons. The lowest BCUT2D eigenvalue weighted by molar-refractivity contribution is -0.161. The van der Waals surface area contributed by atoms with Gasteiger partial charge in [-0.15, -0.1) is 0 Å². The highest BCUT2D eigenvalue weighted by Gasteiger charge is 2.28. The lowest BCUT2D eigenvalue weighted by Gasteiger charge is -2.21. The standard InChI is InChI=1S/C64H117O11P/c1-4-7-10-13-16-19-22-25-27-29-30-32-33-36-38-41-44-47-50-53-62(66)71-57-61(75-64(68)55-52-49-46-43-40-37-34-31-28-26-23-20-17-14-11-8-5-2)59-73-76(69,70)72-58-60(56-65)74-63(67)54-51-48-45-42-39-35-24-21-18-15-12-9-6-3/h7,10,16,19,25,27,30,32,60-61,65H,4-6,8-9,11-15,17-18,20-24,26,28-29,31,33-59H2,1-3H3,(H,69,70)/b10-7-,19-16-,27-25-,32-30-. The topological polar surface area (TPSA) is 155 Å². The molecule has 0 amide bonds. The summed E-state index contributed by atoms with van der Waals surface area (Å²) in [6, 6.07) is 0. The molecule has 0 fully saturated rings. The molecular weight excluding hydrogens is 976 g/mol. The minimum atomic E-state index is -4.75. The van der Waals surface area contributed by atoms with Gasteiger partial charge in [-0.05, 0) is 57.8 Å². The van der Waals surface area contributed by atoms with Crippen LogP contribution in [0.2, 0.25) is 0 Å². The summed E-state index contributed by atoms with van der Waals surface area (Å²) in [7, 11) is -4.75. The third-order valence-corrected chi connectivity index (χ3v) is 14.7. The second kappa shape index (κ2) is 58.6. The molecule has 0 spiro atoms. The number of hydrogen-bond donors (Lipinski definition) is 2. The number of carbonyl (C=O) groups excluding carboxylic acids is 3.